The molecule has 0 aromatic rings. The molecule has 1 heterocycles. The zero-order valence-corrected chi connectivity index (χ0v) is 10.5. The molecule has 2 nitrogen and oxygen atoms in total. The molecule has 1 aliphatic carbocycles. The van der Waals surface area contributed by atoms with Gasteiger partial charge >= 0.3 is 0 Å². The Morgan fingerprint density at radius 1 is 1.00 bits per heavy atom. The number of piperidine rings is 1. The first-order chi connectivity index (χ1) is 7.25. The van der Waals surface area contributed by atoms with E-state index in [0.717, 1.165) is 18.0 Å². The Kier molecular flexibility index (Phi) is 4.04. The van der Waals surface area contributed by atoms with E-state index in [-0.39, 0.29) is 0 Å². The van der Waals surface area contributed by atoms with E-state index in [1.165, 1.54) is 51.6 Å². The van der Waals surface area contributed by atoms with Gasteiger partial charge in [-0.15, -0.1) is 0 Å². The highest BCUT2D eigenvalue weighted by Gasteiger charge is 2.29. The van der Waals surface area contributed by atoms with E-state index in [1.54, 1.807) is 4.90 Å². The minimum atomic E-state index is 0.944. The minimum absolute atomic E-state index is 0.944. The number of rotatable bonds is 2. The monoisotopic (exact) mass is 212 g/mol. The van der Waals surface area contributed by atoms with Gasteiger partial charge in [0.25, 0.3) is 0 Å². The molecule has 1 saturated carbocycles. The van der Waals surface area contributed by atoms with Crippen LogP contribution in [0.2, 0.25) is 0 Å². The Hall–Kier alpha value is -0.0800. The fourth-order valence-electron chi connectivity index (χ4n) is 3.31. The van der Waals surface area contributed by atoms with Gasteiger partial charge in [0, 0.05) is 18.8 Å². The lowest BCUT2D eigenvalue weighted by Gasteiger charge is -2.32. The van der Waals surface area contributed by atoms with Gasteiger partial charge in [-0.3, -0.25) is 0 Å². The van der Waals surface area contributed by atoms with Crippen molar-refractivity contribution < 1.29 is 10.2 Å². The highest BCUT2D eigenvalue weighted by atomic mass is 15.1. The number of nitrogens with one attached hydrogen (secondary N) is 1. The van der Waals surface area contributed by atoms with E-state index in [9.17, 15) is 0 Å². The zero-order valence-electron chi connectivity index (χ0n) is 10.5. The van der Waals surface area contributed by atoms with E-state index in [2.05, 4.69) is 19.3 Å². The van der Waals surface area contributed by atoms with Crippen LogP contribution in [0.3, 0.4) is 0 Å². The van der Waals surface area contributed by atoms with Crippen LogP contribution in [-0.2, 0) is 0 Å². The normalized spacial score (nSPS) is 42.8. The number of nitrogens with two attached hydrogens (primary N) is 1. The van der Waals surface area contributed by atoms with Crippen molar-refractivity contribution in [2.24, 2.45) is 5.92 Å². The van der Waals surface area contributed by atoms with Gasteiger partial charge in [0.05, 0.1) is 32.2 Å². The predicted molar refractivity (Wildman–Crippen MR) is 63.0 cm³/mol. The lowest BCUT2D eigenvalue weighted by atomic mass is 9.85. The first kappa shape index (κ1) is 11.4. The van der Waals surface area contributed by atoms with E-state index in [1.807, 2.05) is 0 Å². The fourth-order valence-corrected chi connectivity index (χ4v) is 3.31. The third kappa shape index (κ3) is 3.18. The number of likely N-dealkylation sites (tertiary alicyclic amines) is 1. The highest BCUT2D eigenvalue weighted by Crippen LogP contribution is 2.21. The van der Waals surface area contributed by atoms with Gasteiger partial charge in [-0.05, 0) is 19.3 Å². The fraction of sp³-hybridized carbons (Fsp3) is 1.00. The molecule has 0 bridgehead atoms. The smallest absolute Gasteiger partial charge is 0.0969 e. The molecule has 0 radical (unpaired) electrons. The molecule has 2 fully saturated rings. The Morgan fingerprint density at radius 3 is 2.33 bits per heavy atom. The molecule has 2 atom stereocenters. The van der Waals surface area contributed by atoms with E-state index >= 15 is 0 Å². The van der Waals surface area contributed by atoms with E-state index < -0.39 is 0 Å². The van der Waals surface area contributed by atoms with Crippen LogP contribution in [-0.4, -0.2) is 32.2 Å². The number of hydrogen-bond donors (Lipinski definition) is 2. The molecule has 2 aliphatic rings. The summed E-state index contributed by atoms with van der Waals surface area (Å²) in [5, 5.41) is 2.73. The van der Waals surface area contributed by atoms with Crippen LogP contribution in [0.5, 0.6) is 0 Å². The average molecular weight is 212 g/mol. The summed E-state index contributed by atoms with van der Waals surface area (Å²) < 4.78 is 0. The average Bonchev–Trinajstić information content (AvgIpc) is 2.25. The Bertz CT molecular complexity index is 185. The van der Waals surface area contributed by atoms with Gasteiger partial charge in [-0.2, -0.15) is 0 Å². The molecule has 0 unspecified atom stereocenters. The lowest BCUT2D eigenvalue weighted by Crippen LogP contribution is -3.12. The SMILES string of the molecule is C[C@@H]1CCCC[C@H]1[NH2+]C1CC[NH+](C)CC1. The van der Waals surface area contributed by atoms with E-state index in [4.69, 9.17) is 0 Å². The van der Waals surface area contributed by atoms with Gasteiger partial charge < -0.3 is 10.2 Å². The van der Waals surface area contributed by atoms with Crippen LogP contribution in [0.1, 0.15) is 45.4 Å². The second-order valence-electron chi connectivity index (χ2n) is 5.91. The van der Waals surface area contributed by atoms with Crippen LogP contribution >= 0.6 is 0 Å². The minimum Gasteiger partial charge on any atom is -0.341 e. The van der Waals surface area contributed by atoms with Crippen molar-refractivity contribution in [3.8, 4) is 0 Å². The van der Waals surface area contributed by atoms with Crippen LogP contribution < -0.4 is 10.2 Å². The summed E-state index contributed by atoms with van der Waals surface area (Å²) in [6, 6.07) is 1.89. The van der Waals surface area contributed by atoms with Crippen LogP contribution in [0, 0.1) is 5.92 Å². The van der Waals surface area contributed by atoms with Gasteiger partial charge in [-0.1, -0.05) is 13.3 Å². The molecule has 88 valence electrons. The van der Waals surface area contributed by atoms with E-state index in [0.29, 0.717) is 0 Å². The summed E-state index contributed by atoms with van der Waals surface area (Å²) >= 11 is 0. The quantitative estimate of drug-likeness (QED) is 0.633. The van der Waals surface area contributed by atoms with Crippen molar-refractivity contribution in [3.63, 3.8) is 0 Å². The van der Waals surface area contributed by atoms with Crippen molar-refractivity contribution >= 4 is 0 Å². The molecule has 15 heavy (non-hydrogen) atoms. The van der Waals surface area contributed by atoms with Crippen LogP contribution in [0.25, 0.3) is 0 Å². The van der Waals surface area contributed by atoms with Crippen molar-refractivity contribution in [2.75, 3.05) is 20.1 Å². The summed E-state index contributed by atoms with van der Waals surface area (Å²) in [6.45, 7) is 5.24. The van der Waals surface area contributed by atoms with Crippen LogP contribution in [0.4, 0.5) is 0 Å². The largest absolute Gasteiger partial charge is 0.341 e. The molecule has 0 spiro atoms. The van der Waals surface area contributed by atoms with Gasteiger partial charge in [-0.25, -0.2) is 0 Å². The van der Waals surface area contributed by atoms with Crippen molar-refractivity contribution in [3.05, 3.63) is 0 Å². The van der Waals surface area contributed by atoms with Gasteiger partial charge in [0.2, 0.25) is 0 Å². The maximum Gasteiger partial charge on any atom is 0.0969 e. The first-order valence-corrected chi connectivity index (χ1v) is 6.92. The van der Waals surface area contributed by atoms with Gasteiger partial charge in [0.1, 0.15) is 0 Å². The molecule has 3 N–H and O–H groups in total. The molecule has 1 saturated heterocycles. The predicted octanol–water partition coefficient (Wildman–Crippen LogP) is -0.194. The lowest BCUT2D eigenvalue weighted by molar-refractivity contribution is -0.895. The summed E-state index contributed by atoms with van der Waals surface area (Å²) in [5.41, 5.74) is 0. The second-order valence-corrected chi connectivity index (χ2v) is 5.91. The topological polar surface area (TPSA) is 21.1 Å². The summed E-state index contributed by atoms with van der Waals surface area (Å²) in [4.78, 5) is 1.73. The first-order valence-electron chi connectivity index (χ1n) is 6.92. The van der Waals surface area contributed by atoms with Crippen molar-refractivity contribution in [1.29, 1.82) is 0 Å². The molecule has 2 heteroatoms. The molecule has 1 aliphatic heterocycles. The third-order valence-electron chi connectivity index (χ3n) is 4.58. The summed E-state index contributed by atoms with van der Waals surface area (Å²) in [6.07, 6.45) is 8.77. The Morgan fingerprint density at radius 2 is 1.67 bits per heavy atom. The molecule has 0 aromatic heterocycles. The maximum absolute atomic E-state index is 2.73. The highest BCUT2D eigenvalue weighted by molar-refractivity contribution is 4.71. The summed E-state index contributed by atoms with van der Waals surface area (Å²) in [5.74, 6) is 0.964. The van der Waals surface area contributed by atoms with Crippen molar-refractivity contribution in [2.45, 2.75) is 57.5 Å². The van der Waals surface area contributed by atoms with Crippen LogP contribution in [0.15, 0.2) is 0 Å². The third-order valence-corrected chi connectivity index (χ3v) is 4.58. The zero-order chi connectivity index (χ0) is 10.7. The Balaban J connectivity index is 1.75. The Labute approximate surface area is 94.4 Å². The second kappa shape index (κ2) is 5.31. The molecule has 0 aromatic carbocycles. The standard InChI is InChI=1S/C13H26N2/c1-11-5-3-4-6-13(11)14-12-7-9-15(2)10-8-12/h11-14H,3-10H2,1-2H3/p+2/t11-,13-/m1/s1. The molecular formula is C13H28N2+2. The maximum atomic E-state index is 2.73. The number of quaternary nitrogens is 2. The molecular weight excluding hydrogens is 184 g/mol. The van der Waals surface area contributed by atoms with Crippen molar-refractivity contribution in [1.82, 2.24) is 0 Å². The number of hydrogen-bond acceptors (Lipinski definition) is 0. The molecule has 0 amide bonds. The van der Waals surface area contributed by atoms with Gasteiger partial charge in [0.15, 0.2) is 0 Å². The summed E-state index contributed by atoms with van der Waals surface area (Å²) in [7, 11) is 2.33. The molecule has 2 rings (SSSR count).